The minimum Gasteiger partial charge on any atom is -0.480 e. The second-order valence-corrected chi connectivity index (χ2v) is 5.29. The molecule has 4 nitrogen and oxygen atoms in total. The minimum absolute atomic E-state index is 0.173. The zero-order chi connectivity index (χ0) is 15.8. The molecule has 0 aromatic heterocycles. The van der Waals surface area contributed by atoms with E-state index in [0.29, 0.717) is 25.0 Å². The van der Waals surface area contributed by atoms with Gasteiger partial charge in [0.25, 0.3) is 5.91 Å². The molecule has 0 saturated heterocycles. The summed E-state index contributed by atoms with van der Waals surface area (Å²) < 4.78 is 38.0. The fourth-order valence-electron chi connectivity index (χ4n) is 1.92. The van der Waals surface area contributed by atoms with E-state index in [0.717, 1.165) is 6.07 Å². The van der Waals surface area contributed by atoms with Crippen LogP contribution >= 0.6 is 11.6 Å². The average Bonchev–Trinajstić information content (AvgIpc) is 3.17. The number of carbonyl (C=O) groups is 2. The van der Waals surface area contributed by atoms with Gasteiger partial charge in [0.15, 0.2) is 0 Å². The van der Waals surface area contributed by atoms with Crippen LogP contribution in [0.4, 0.5) is 13.2 Å². The van der Waals surface area contributed by atoms with E-state index in [1.807, 2.05) is 0 Å². The Morgan fingerprint density at radius 1 is 1.29 bits per heavy atom. The number of aliphatic carboxylic acids is 1. The first-order valence-electron chi connectivity index (χ1n) is 6.10. The number of hydrogen-bond donors (Lipinski definition) is 2. The van der Waals surface area contributed by atoms with Crippen molar-refractivity contribution >= 4 is 23.5 Å². The molecule has 0 heterocycles. The fourth-order valence-corrected chi connectivity index (χ4v) is 2.15. The second kappa shape index (κ2) is 5.55. The molecule has 0 aliphatic heterocycles. The molecule has 114 valence electrons. The molecule has 2 rings (SSSR count). The van der Waals surface area contributed by atoms with Crippen molar-refractivity contribution in [2.75, 3.05) is 0 Å². The van der Waals surface area contributed by atoms with E-state index in [1.54, 1.807) is 0 Å². The van der Waals surface area contributed by atoms with Gasteiger partial charge in [-0.1, -0.05) is 11.6 Å². The molecule has 1 aromatic rings. The monoisotopic (exact) mass is 321 g/mol. The van der Waals surface area contributed by atoms with Crippen molar-refractivity contribution in [1.29, 1.82) is 0 Å². The summed E-state index contributed by atoms with van der Waals surface area (Å²) in [6.07, 6.45) is -3.30. The van der Waals surface area contributed by atoms with Crippen molar-refractivity contribution in [3.63, 3.8) is 0 Å². The second-order valence-electron chi connectivity index (χ2n) is 4.85. The van der Waals surface area contributed by atoms with Crippen LogP contribution in [0.5, 0.6) is 0 Å². The number of alkyl halides is 3. The van der Waals surface area contributed by atoms with Crippen LogP contribution < -0.4 is 5.32 Å². The van der Waals surface area contributed by atoms with Gasteiger partial charge >= 0.3 is 12.1 Å². The van der Waals surface area contributed by atoms with Crippen LogP contribution in [0, 0.1) is 5.92 Å². The normalized spacial score (nSPS) is 16.4. The van der Waals surface area contributed by atoms with Crippen LogP contribution in [-0.4, -0.2) is 23.0 Å². The van der Waals surface area contributed by atoms with E-state index in [2.05, 4.69) is 5.32 Å². The molecular weight excluding hydrogens is 311 g/mol. The smallest absolute Gasteiger partial charge is 0.416 e. The first kappa shape index (κ1) is 15.6. The molecular formula is C13H11ClF3NO3. The number of rotatable bonds is 4. The number of hydrogen-bond acceptors (Lipinski definition) is 2. The Morgan fingerprint density at radius 2 is 1.90 bits per heavy atom. The third-order valence-corrected chi connectivity index (χ3v) is 3.35. The highest BCUT2D eigenvalue weighted by Gasteiger charge is 2.38. The Kier molecular flexibility index (Phi) is 4.13. The van der Waals surface area contributed by atoms with Gasteiger partial charge in [0.2, 0.25) is 0 Å². The maximum atomic E-state index is 12.7. The summed E-state index contributed by atoms with van der Waals surface area (Å²) in [5.74, 6) is -2.26. The fraction of sp³-hybridized carbons (Fsp3) is 0.385. The van der Waals surface area contributed by atoms with E-state index in [4.69, 9.17) is 16.7 Å². The maximum Gasteiger partial charge on any atom is 0.416 e. The van der Waals surface area contributed by atoms with Crippen molar-refractivity contribution in [3.8, 4) is 0 Å². The summed E-state index contributed by atoms with van der Waals surface area (Å²) in [7, 11) is 0. The van der Waals surface area contributed by atoms with E-state index in [-0.39, 0.29) is 16.5 Å². The largest absolute Gasteiger partial charge is 0.480 e. The Morgan fingerprint density at radius 3 is 2.38 bits per heavy atom. The summed E-state index contributed by atoms with van der Waals surface area (Å²) in [5.41, 5.74) is -1.37. The summed E-state index contributed by atoms with van der Waals surface area (Å²) in [5, 5.41) is 11.0. The maximum absolute atomic E-state index is 12.7. The average molecular weight is 322 g/mol. The molecule has 1 amide bonds. The van der Waals surface area contributed by atoms with Gasteiger partial charge in [-0.3, -0.25) is 4.79 Å². The summed E-state index contributed by atoms with van der Waals surface area (Å²) >= 11 is 5.58. The van der Waals surface area contributed by atoms with E-state index in [9.17, 15) is 22.8 Å². The van der Waals surface area contributed by atoms with Crippen LogP contribution in [-0.2, 0) is 11.0 Å². The lowest BCUT2D eigenvalue weighted by atomic mass is 10.1. The number of carboxylic acid groups (broad SMARTS) is 1. The summed E-state index contributed by atoms with van der Waals surface area (Å²) in [6, 6.07) is 1.32. The zero-order valence-corrected chi connectivity index (χ0v) is 11.3. The molecule has 8 heteroatoms. The third kappa shape index (κ3) is 3.87. The van der Waals surface area contributed by atoms with Gasteiger partial charge in [-0.05, 0) is 37.0 Å². The molecule has 21 heavy (non-hydrogen) atoms. The standard InChI is InChI=1S/C13H11ClF3NO3/c14-9-4-7(3-8(5-9)13(15,16)17)11(19)18-10(12(20)21)6-1-2-6/h3-6,10H,1-2H2,(H,18,19)(H,20,21). The number of amides is 1. The SMILES string of the molecule is O=C(NC(C(=O)O)C1CC1)c1cc(Cl)cc(C(F)(F)F)c1. The molecule has 1 aliphatic carbocycles. The van der Waals surface area contributed by atoms with Crippen molar-refractivity contribution < 1.29 is 27.9 Å². The van der Waals surface area contributed by atoms with E-state index in [1.165, 1.54) is 0 Å². The summed E-state index contributed by atoms with van der Waals surface area (Å²) in [6.45, 7) is 0. The molecule has 0 spiro atoms. The van der Waals surface area contributed by atoms with Gasteiger partial charge in [0.1, 0.15) is 6.04 Å². The minimum atomic E-state index is -4.64. The predicted molar refractivity (Wildman–Crippen MR) is 68.1 cm³/mol. The van der Waals surface area contributed by atoms with Crippen molar-refractivity contribution in [2.45, 2.75) is 25.1 Å². The Bertz CT molecular complexity index is 585. The lowest BCUT2D eigenvalue weighted by Gasteiger charge is -2.15. The lowest BCUT2D eigenvalue weighted by Crippen LogP contribution is -2.42. The molecule has 1 saturated carbocycles. The predicted octanol–water partition coefficient (Wildman–Crippen LogP) is 2.95. The van der Waals surface area contributed by atoms with Crippen molar-refractivity contribution in [1.82, 2.24) is 5.32 Å². The van der Waals surface area contributed by atoms with Gasteiger partial charge in [0.05, 0.1) is 5.56 Å². The van der Waals surface area contributed by atoms with Crippen LogP contribution in [0.1, 0.15) is 28.8 Å². The molecule has 2 N–H and O–H groups in total. The van der Waals surface area contributed by atoms with Gasteiger partial charge < -0.3 is 10.4 Å². The van der Waals surface area contributed by atoms with Gasteiger partial charge in [-0.2, -0.15) is 13.2 Å². The summed E-state index contributed by atoms with van der Waals surface area (Å²) in [4.78, 5) is 22.9. The van der Waals surface area contributed by atoms with Crippen molar-refractivity contribution in [3.05, 3.63) is 34.3 Å². The Labute approximate surface area is 122 Å². The molecule has 0 radical (unpaired) electrons. The number of nitrogens with one attached hydrogen (secondary N) is 1. The highest BCUT2D eigenvalue weighted by molar-refractivity contribution is 6.31. The first-order valence-corrected chi connectivity index (χ1v) is 6.47. The van der Waals surface area contributed by atoms with E-state index < -0.39 is 29.7 Å². The van der Waals surface area contributed by atoms with Gasteiger partial charge in [-0.15, -0.1) is 0 Å². The van der Waals surface area contributed by atoms with E-state index >= 15 is 0 Å². The van der Waals surface area contributed by atoms with Crippen LogP contribution in [0.15, 0.2) is 18.2 Å². The number of benzene rings is 1. The number of carboxylic acids is 1. The first-order chi connectivity index (χ1) is 9.68. The van der Waals surface area contributed by atoms with Gasteiger partial charge in [-0.25, -0.2) is 4.79 Å². The molecule has 0 bridgehead atoms. The Balaban J connectivity index is 2.22. The van der Waals surface area contributed by atoms with Crippen molar-refractivity contribution in [2.24, 2.45) is 5.92 Å². The van der Waals surface area contributed by atoms with Crippen LogP contribution in [0.25, 0.3) is 0 Å². The topological polar surface area (TPSA) is 66.4 Å². The van der Waals surface area contributed by atoms with Crippen LogP contribution in [0.3, 0.4) is 0 Å². The highest BCUT2D eigenvalue weighted by atomic mass is 35.5. The quantitative estimate of drug-likeness (QED) is 0.896. The molecule has 1 atom stereocenters. The van der Waals surface area contributed by atoms with Gasteiger partial charge in [0, 0.05) is 10.6 Å². The number of carbonyl (C=O) groups excluding carboxylic acids is 1. The zero-order valence-electron chi connectivity index (χ0n) is 10.6. The van der Waals surface area contributed by atoms with Crippen LogP contribution in [0.2, 0.25) is 5.02 Å². The number of halogens is 4. The molecule has 1 aromatic carbocycles. The molecule has 1 fully saturated rings. The lowest BCUT2D eigenvalue weighted by molar-refractivity contribution is -0.140. The highest BCUT2D eigenvalue weighted by Crippen LogP contribution is 2.34. The third-order valence-electron chi connectivity index (χ3n) is 3.13. The Hall–Kier alpha value is -1.76. The molecule has 1 aliphatic rings. The molecule has 1 unspecified atom stereocenters.